The molecule has 8 heteroatoms. The molecule has 0 unspecified atom stereocenters. The van der Waals surface area contributed by atoms with E-state index < -0.39 is 0 Å². The lowest BCUT2D eigenvalue weighted by molar-refractivity contribution is 0.611. The van der Waals surface area contributed by atoms with Gasteiger partial charge in [-0.2, -0.15) is 15.5 Å². The zero-order valence-corrected chi connectivity index (χ0v) is 17.7. The summed E-state index contributed by atoms with van der Waals surface area (Å²) >= 11 is 0. The van der Waals surface area contributed by atoms with Crippen molar-refractivity contribution in [3.8, 4) is 12.1 Å². The molecule has 0 bridgehead atoms. The fourth-order valence-corrected chi connectivity index (χ4v) is 3.28. The molecule has 0 spiro atoms. The second-order valence-corrected chi connectivity index (χ2v) is 7.11. The quantitative estimate of drug-likeness (QED) is 0.598. The van der Waals surface area contributed by atoms with Crippen molar-refractivity contribution in [1.29, 1.82) is 10.5 Å². The van der Waals surface area contributed by atoms with Crippen LogP contribution in [0.15, 0.2) is 41.2 Å². The van der Waals surface area contributed by atoms with Crippen LogP contribution in [0.5, 0.6) is 0 Å². The van der Waals surface area contributed by atoms with Crippen LogP contribution in [0.25, 0.3) is 0 Å². The maximum atomic E-state index is 12.7. The van der Waals surface area contributed by atoms with E-state index in [1.165, 1.54) is 4.68 Å². The number of nitriles is 2. The van der Waals surface area contributed by atoms with E-state index in [1.54, 1.807) is 24.3 Å². The second-order valence-electron chi connectivity index (χ2n) is 7.11. The molecule has 0 aliphatic rings. The average molecular weight is 413 g/mol. The number of aryl methyl sites for hydroxylation is 4. The third-order valence-corrected chi connectivity index (χ3v) is 4.80. The summed E-state index contributed by atoms with van der Waals surface area (Å²) in [5.41, 5.74) is 4.83. The van der Waals surface area contributed by atoms with Gasteiger partial charge in [-0.1, -0.05) is 12.1 Å². The minimum Gasteiger partial charge on any atom is -0.335 e. The molecule has 2 aromatic carbocycles. The van der Waals surface area contributed by atoms with E-state index >= 15 is 0 Å². The van der Waals surface area contributed by atoms with Crippen LogP contribution >= 0.6 is 0 Å². The molecule has 0 amide bonds. The van der Waals surface area contributed by atoms with Gasteiger partial charge in [0.15, 0.2) is 0 Å². The fourth-order valence-electron chi connectivity index (χ4n) is 3.28. The first-order valence-corrected chi connectivity index (χ1v) is 9.95. The normalized spacial score (nSPS) is 10.2. The molecule has 0 aliphatic heterocycles. The number of hydrogen-bond acceptors (Lipinski definition) is 7. The Bertz CT molecular complexity index is 1210. The van der Waals surface area contributed by atoms with Crippen LogP contribution in [0.1, 0.15) is 35.6 Å². The first-order chi connectivity index (χ1) is 14.9. The molecule has 31 heavy (non-hydrogen) atoms. The van der Waals surface area contributed by atoms with Gasteiger partial charge in [-0.15, -0.1) is 5.10 Å². The predicted molar refractivity (Wildman–Crippen MR) is 120 cm³/mol. The minimum atomic E-state index is -0.335. The van der Waals surface area contributed by atoms with Crippen LogP contribution in [-0.2, 0) is 13.0 Å². The molecular formula is C23H23N7O. The van der Waals surface area contributed by atoms with Crippen LogP contribution in [0.4, 0.5) is 23.1 Å². The van der Waals surface area contributed by atoms with Crippen molar-refractivity contribution >= 4 is 23.1 Å². The van der Waals surface area contributed by atoms with E-state index in [-0.39, 0.29) is 11.4 Å². The first kappa shape index (κ1) is 21.5. The van der Waals surface area contributed by atoms with E-state index in [9.17, 15) is 4.79 Å². The molecule has 0 radical (unpaired) electrons. The lowest BCUT2D eigenvalue weighted by atomic mass is 10.0. The molecule has 2 N–H and O–H groups in total. The Morgan fingerprint density at radius 1 is 1.06 bits per heavy atom. The van der Waals surface area contributed by atoms with Gasteiger partial charge in [-0.25, -0.2) is 4.68 Å². The molecule has 0 saturated carbocycles. The summed E-state index contributed by atoms with van der Waals surface area (Å²) in [5.74, 6) is 0.443. The maximum Gasteiger partial charge on any atom is 0.309 e. The van der Waals surface area contributed by atoms with Crippen molar-refractivity contribution < 1.29 is 0 Å². The Morgan fingerprint density at radius 3 is 2.32 bits per heavy atom. The predicted octanol–water partition coefficient (Wildman–Crippen LogP) is 4.09. The lowest BCUT2D eigenvalue weighted by Crippen LogP contribution is -2.27. The monoisotopic (exact) mass is 413 g/mol. The molecule has 0 aliphatic carbocycles. The highest BCUT2D eigenvalue weighted by molar-refractivity contribution is 5.65. The summed E-state index contributed by atoms with van der Waals surface area (Å²) in [6.45, 7) is 6.20. The zero-order valence-electron chi connectivity index (χ0n) is 17.7. The van der Waals surface area contributed by atoms with Crippen molar-refractivity contribution in [2.24, 2.45) is 0 Å². The second kappa shape index (κ2) is 9.55. The number of aromatic nitrogens is 3. The first-order valence-electron chi connectivity index (χ1n) is 9.95. The average Bonchev–Trinajstić information content (AvgIpc) is 2.77. The van der Waals surface area contributed by atoms with Gasteiger partial charge in [0.05, 0.1) is 17.7 Å². The largest absolute Gasteiger partial charge is 0.335 e. The number of hydrogen-bond donors (Lipinski definition) is 2. The molecule has 0 fully saturated rings. The summed E-state index contributed by atoms with van der Waals surface area (Å²) in [5, 5.41) is 28.4. The van der Waals surface area contributed by atoms with Gasteiger partial charge in [0.1, 0.15) is 0 Å². The van der Waals surface area contributed by atoms with E-state index in [2.05, 4.69) is 32.9 Å². The summed E-state index contributed by atoms with van der Waals surface area (Å²) in [6, 6.07) is 15.1. The molecule has 156 valence electrons. The van der Waals surface area contributed by atoms with Crippen LogP contribution < -0.4 is 16.2 Å². The van der Waals surface area contributed by atoms with Crippen LogP contribution in [-0.4, -0.2) is 14.8 Å². The van der Waals surface area contributed by atoms with E-state index in [0.717, 1.165) is 22.4 Å². The summed E-state index contributed by atoms with van der Waals surface area (Å²) in [4.78, 5) is 17.1. The van der Waals surface area contributed by atoms with Gasteiger partial charge < -0.3 is 10.6 Å². The third kappa shape index (κ3) is 5.06. The minimum absolute atomic E-state index is 0.144. The van der Waals surface area contributed by atoms with Crippen LogP contribution in [0.3, 0.4) is 0 Å². The Kier molecular flexibility index (Phi) is 6.64. The smallest absolute Gasteiger partial charge is 0.309 e. The SMILES string of the molecule is CCn1nc(Nc2c(C)cc(CCC#N)cc2C)nc(Nc2ccc(C#N)cc2)c1=O. The number of nitrogens with one attached hydrogen (secondary N) is 2. The highest BCUT2D eigenvalue weighted by Gasteiger charge is 2.13. The van der Waals surface area contributed by atoms with Gasteiger partial charge in [-0.05, 0) is 68.1 Å². The Morgan fingerprint density at radius 2 is 1.74 bits per heavy atom. The third-order valence-electron chi connectivity index (χ3n) is 4.80. The van der Waals surface area contributed by atoms with Gasteiger partial charge in [0.2, 0.25) is 11.8 Å². The van der Waals surface area contributed by atoms with E-state index in [4.69, 9.17) is 10.5 Å². The van der Waals surface area contributed by atoms with Crippen LogP contribution in [0.2, 0.25) is 0 Å². The van der Waals surface area contributed by atoms with Gasteiger partial charge in [0.25, 0.3) is 0 Å². The van der Waals surface area contributed by atoms with Gasteiger partial charge >= 0.3 is 5.56 Å². The Balaban J connectivity index is 1.93. The number of nitrogens with zero attached hydrogens (tertiary/aromatic N) is 5. The molecular weight excluding hydrogens is 390 g/mol. The molecule has 8 nitrogen and oxygen atoms in total. The number of rotatable bonds is 7. The van der Waals surface area contributed by atoms with Crippen molar-refractivity contribution in [3.63, 3.8) is 0 Å². The molecule has 0 saturated heterocycles. The Hall–Kier alpha value is -4.17. The number of anilines is 4. The number of benzene rings is 2. The lowest BCUT2D eigenvalue weighted by Gasteiger charge is -2.15. The summed E-state index contributed by atoms with van der Waals surface area (Å²) in [7, 11) is 0. The van der Waals surface area contributed by atoms with Crippen molar-refractivity contribution in [3.05, 3.63) is 69.0 Å². The molecule has 3 rings (SSSR count). The Labute approximate surface area is 180 Å². The van der Waals surface area contributed by atoms with Gasteiger partial charge in [-0.3, -0.25) is 4.79 Å². The van der Waals surface area contributed by atoms with Crippen LogP contribution in [0, 0.1) is 36.5 Å². The zero-order chi connectivity index (χ0) is 22.4. The summed E-state index contributed by atoms with van der Waals surface area (Å²) in [6.07, 6.45) is 1.18. The topological polar surface area (TPSA) is 119 Å². The highest BCUT2D eigenvalue weighted by Crippen LogP contribution is 2.25. The molecule has 1 aromatic heterocycles. The molecule has 0 atom stereocenters. The van der Waals surface area contributed by atoms with Crippen molar-refractivity contribution in [2.75, 3.05) is 10.6 Å². The van der Waals surface area contributed by atoms with E-state index in [1.807, 2.05) is 32.9 Å². The highest BCUT2D eigenvalue weighted by atomic mass is 16.1. The van der Waals surface area contributed by atoms with Crippen molar-refractivity contribution in [2.45, 2.75) is 40.2 Å². The fraction of sp³-hybridized carbons (Fsp3) is 0.261. The molecule has 1 heterocycles. The van der Waals surface area contributed by atoms with Crippen molar-refractivity contribution in [1.82, 2.24) is 14.8 Å². The maximum absolute atomic E-state index is 12.7. The summed E-state index contributed by atoms with van der Waals surface area (Å²) < 4.78 is 1.34. The molecule has 3 aromatic rings. The van der Waals surface area contributed by atoms with E-state index in [0.29, 0.717) is 36.6 Å². The van der Waals surface area contributed by atoms with Gasteiger partial charge in [0, 0.05) is 24.3 Å². The standard InChI is InChI=1S/C23H23N7O/c1-4-30-22(31)21(26-19-9-7-17(14-25)8-10-19)28-23(29-30)27-20-15(2)12-18(6-5-11-24)13-16(20)3/h7-10,12-13H,4-6H2,1-3H3,(H2,26,27,28,29).